The smallest absolute Gasteiger partial charge is 0.305 e. The van der Waals surface area contributed by atoms with Crippen molar-refractivity contribution in [3.8, 4) is 0 Å². The number of ether oxygens (including phenoxy) is 3. The summed E-state index contributed by atoms with van der Waals surface area (Å²) in [5.74, 6) is -0.180. The maximum atomic E-state index is 13.1. The number of aliphatic hydroxyl groups excluding tert-OH is 5. The maximum Gasteiger partial charge on any atom is 0.305 e. The van der Waals surface area contributed by atoms with Crippen LogP contribution >= 0.6 is 0 Å². The van der Waals surface area contributed by atoms with Crippen molar-refractivity contribution in [1.82, 2.24) is 5.32 Å². The van der Waals surface area contributed by atoms with Gasteiger partial charge in [0.15, 0.2) is 6.29 Å². The quantitative estimate of drug-likeness (QED) is 0.0195. The molecule has 0 aliphatic carbocycles. The largest absolute Gasteiger partial charge is 0.466 e. The number of aliphatic hydroxyl groups is 5. The molecule has 0 aromatic carbocycles. The zero-order valence-electron chi connectivity index (χ0n) is 64.7. The van der Waals surface area contributed by atoms with E-state index in [1.807, 2.05) is 6.08 Å². The molecule has 1 rings (SSSR count). The average molecular weight is 1390 g/mol. The van der Waals surface area contributed by atoms with E-state index in [0.717, 1.165) is 70.6 Å². The summed E-state index contributed by atoms with van der Waals surface area (Å²) in [6, 6.07) is -0.827. The van der Waals surface area contributed by atoms with Crippen LogP contribution in [0.25, 0.3) is 0 Å². The second-order valence-corrected chi connectivity index (χ2v) is 29.5. The highest BCUT2D eigenvalue weighted by molar-refractivity contribution is 5.76. The molecule has 11 heteroatoms. The first-order chi connectivity index (χ1) is 48.7. The lowest BCUT2D eigenvalue weighted by Gasteiger charge is -2.40. The third-order valence-electron chi connectivity index (χ3n) is 20.0. The molecule has 0 aromatic heterocycles. The van der Waals surface area contributed by atoms with Crippen LogP contribution in [-0.4, -0.2) is 100 Å². The molecule has 578 valence electrons. The SMILES string of the molecule is CCCCC/C=C\C/C=C\CCCCCCCCCC(=O)OCCCCCCCCCCCCCCCCC/C=C\C/C=C\CCCCCCCCCCCCCCCCCCCC(=O)NC(COC1OC(CO)C(O)C(O)C1O)C(O)/C=C/CC/C=C/CCCCCCCCCCC. The van der Waals surface area contributed by atoms with Crippen molar-refractivity contribution in [2.24, 2.45) is 0 Å². The molecule has 7 atom stereocenters. The molecule has 11 nitrogen and oxygen atoms in total. The van der Waals surface area contributed by atoms with Gasteiger partial charge in [-0.2, -0.15) is 0 Å². The second-order valence-electron chi connectivity index (χ2n) is 29.5. The highest BCUT2D eigenvalue weighted by Crippen LogP contribution is 2.24. The highest BCUT2D eigenvalue weighted by Gasteiger charge is 2.44. The summed E-state index contributed by atoms with van der Waals surface area (Å²) in [6.45, 7) is 4.35. The lowest BCUT2D eigenvalue weighted by molar-refractivity contribution is -0.302. The first-order valence-corrected chi connectivity index (χ1v) is 42.7. The molecule has 1 saturated heterocycles. The summed E-state index contributed by atoms with van der Waals surface area (Å²) in [7, 11) is 0. The summed E-state index contributed by atoms with van der Waals surface area (Å²) in [6.07, 6.45) is 95.2. The number of esters is 1. The lowest BCUT2D eigenvalue weighted by atomic mass is 9.99. The molecule has 1 heterocycles. The fourth-order valence-corrected chi connectivity index (χ4v) is 13.3. The van der Waals surface area contributed by atoms with Gasteiger partial charge in [-0.1, -0.05) is 363 Å². The predicted molar refractivity (Wildman–Crippen MR) is 421 cm³/mol. The molecule has 0 bridgehead atoms. The third kappa shape index (κ3) is 64.4. The van der Waals surface area contributed by atoms with Crippen LogP contribution in [0.15, 0.2) is 72.9 Å². The fraction of sp³-hybridized carbons (Fsp3) is 0.841. The van der Waals surface area contributed by atoms with Gasteiger partial charge < -0.3 is 45.1 Å². The molecule has 0 saturated carbocycles. The Balaban J connectivity index is 1.91. The van der Waals surface area contributed by atoms with Gasteiger partial charge in [0.1, 0.15) is 24.4 Å². The molecule has 1 aliphatic heterocycles. The van der Waals surface area contributed by atoms with Gasteiger partial charge in [0.05, 0.1) is 32.0 Å². The Morgan fingerprint density at radius 1 is 0.374 bits per heavy atom. The minimum atomic E-state index is -1.58. The first-order valence-electron chi connectivity index (χ1n) is 42.7. The summed E-state index contributed by atoms with van der Waals surface area (Å²) < 4.78 is 16.8. The van der Waals surface area contributed by atoms with Crippen molar-refractivity contribution in [3.05, 3.63) is 72.9 Å². The summed E-state index contributed by atoms with van der Waals surface area (Å²) in [5.41, 5.74) is 0. The Hall–Kier alpha value is -2.90. The van der Waals surface area contributed by atoms with Gasteiger partial charge in [-0.25, -0.2) is 0 Å². The average Bonchev–Trinajstić information content (AvgIpc) is 0.827. The van der Waals surface area contributed by atoms with E-state index in [0.29, 0.717) is 19.4 Å². The Morgan fingerprint density at radius 2 is 0.687 bits per heavy atom. The zero-order chi connectivity index (χ0) is 71.5. The van der Waals surface area contributed by atoms with Gasteiger partial charge in [0, 0.05) is 12.8 Å². The number of hydrogen-bond donors (Lipinski definition) is 6. The minimum absolute atomic E-state index is 0.00683. The molecule has 1 fully saturated rings. The van der Waals surface area contributed by atoms with E-state index in [-0.39, 0.29) is 18.5 Å². The molecule has 0 radical (unpaired) electrons. The van der Waals surface area contributed by atoms with Crippen molar-refractivity contribution in [2.75, 3.05) is 19.8 Å². The van der Waals surface area contributed by atoms with Crippen molar-refractivity contribution < 1.29 is 49.3 Å². The van der Waals surface area contributed by atoms with E-state index >= 15 is 0 Å². The normalized spacial score (nSPS) is 17.5. The van der Waals surface area contributed by atoms with Crippen LogP contribution in [0.1, 0.15) is 412 Å². The summed E-state index contributed by atoms with van der Waals surface area (Å²) >= 11 is 0. The molecule has 0 spiro atoms. The maximum absolute atomic E-state index is 13.1. The third-order valence-corrected chi connectivity index (χ3v) is 20.0. The number of amides is 1. The zero-order valence-corrected chi connectivity index (χ0v) is 64.7. The van der Waals surface area contributed by atoms with E-state index in [1.165, 1.54) is 315 Å². The first kappa shape index (κ1) is 94.1. The number of carbonyl (C=O) groups excluding carboxylic acids is 2. The van der Waals surface area contributed by atoms with Crippen LogP contribution in [0.2, 0.25) is 0 Å². The Labute approximate surface area is 611 Å². The van der Waals surface area contributed by atoms with Crippen LogP contribution in [-0.2, 0) is 23.8 Å². The van der Waals surface area contributed by atoms with E-state index in [2.05, 4.69) is 79.9 Å². The highest BCUT2D eigenvalue weighted by atomic mass is 16.7. The van der Waals surface area contributed by atoms with Gasteiger partial charge in [0.2, 0.25) is 5.91 Å². The van der Waals surface area contributed by atoms with E-state index in [1.54, 1.807) is 6.08 Å². The van der Waals surface area contributed by atoms with E-state index in [4.69, 9.17) is 14.2 Å². The monoisotopic (exact) mass is 1390 g/mol. The molecule has 1 aliphatic rings. The summed E-state index contributed by atoms with van der Waals surface area (Å²) in [4.78, 5) is 25.2. The van der Waals surface area contributed by atoms with Gasteiger partial charge in [-0.3, -0.25) is 9.59 Å². The van der Waals surface area contributed by atoms with E-state index < -0.39 is 49.5 Å². The molecule has 0 aromatic rings. The number of hydrogen-bond acceptors (Lipinski definition) is 10. The van der Waals surface area contributed by atoms with Gasteiger partial charge in [0.25, 0.3) is 0 Å². The number of carbonyl (C=O) groups is 2. The van der Waals surface area contributed by atoms with Crippen LogP contribution in [0.4, 0.5) is 0 Å². The molecule has 99 heavy (non-hydrogen) atoms. The van der Waals surface area contributed by atoms with Crippen LogP contribution in [0, 0.1) is 0 Å². The molecule has 1 amide bonds. The van der Waals surface area contributed by atoms with Gasteiger partial charge in [-0.05, 0) is 109 Å². The molecular formula is C88H161NO10. The fourth-order valence-electron chi connectivity index (χ4n) is 13.3. The Kier molecular flexibility index (Phi) is 72.5. The van der Waals surface area contributed by atoms with Crippen molar-refractivity contribution in [2.45, 2.75) is 455 Å². The number of rotatable bonds is 76. The Bertz CT molecular complexity index is 1880. The Morgan fingerprint density at radius 3 is 1.08 bits per heavy atom. The number of allylic oxidation sites excluding steroid dienone is 11. The minimum Gasteiger partial charge on any atom is -0.466 e. The molecular weight excluding hydrogens is 1230 g/mol. The second kappa shape index (κ2) is 76.2. The molecule has 6 N–H and O–H groups in total. The molecule has 7 unspecified atom stereocenters. The summed E-state index contributed by atoms with van der Waals surface area (Å²) in [5, 5.41) is 54.6. The number of nitrogens with one attached hydrogen (secondary N) is 1. The predicted octanol–water partition coefficient (Wildman–Crippen LogP) is 23.8. The number of unbranched alkanes of at least 4 members (excludes halogenated alkanes) is 52. The lowest BCUT2D eigenvalue weighted by Crippen LogP contribution is -2.60. The van der Waals surface area contributed by atoms with Crippen molar-refractivity contribution in [1.29, 1.82) is 0 Å². The van der Waals surface area contributed by atoms with Crippen molar-refractivity contribution >= 4 is 11.9 Å². The van der Waals surface area contributed by atoms with Crippen LogP contribution in [0.3, 0.4) is 0 Å². The van der Waals surface area contributed by atoms with Crippen LogP contribution in [0.5, 0.6) is 0 Å². The van der Waals surface area contributed by atoms with Gasteiger partial charge >= 0.3 is 5.97 Å². The standard InChI is InChI=1S/C88H161NO10/c1-3-5-7-9-11-13-15-17-19-43-48-52-56-60-64-68-72-76-84(93)97-77-73-69-65-61-57-53-49-45-42-40-38-36-34-32-30-28-26-24-22-20-21-23-25-27-29-31-33-35-37-39-41-44-47-51-55-59-63-67-71-75-83(92)89-80(79-98-88-87(96)86(95)85(94)82(78-90)99-88)81(91)74-70-66-62-58-54-50-46-18-16-14-12-10-8-6-4-2/h11,13,17,19-21,24,26,54,58,70,74,80-82,85-88,90-91,94-96H,3-10,12,14-16,18,22-23,25,27-53,55-57,59-69,71-73,75-79H2,1-2H3,(H,89,92)/b13-11-,19-17-,21-20-,26-24-,58-54+,74-70+. The topological polar surface area (TPSA) is 175 Å². The van der Waals surface area contributed by atoms with Crippen molar-refractivity contribution in [3.63, 3.8) is 0 Å². The van der Waals surface area contributed by atoms with Gasteiger partial charge in [-0.15, -0.1) is 0 Å². The van der Waals surface area contributed by atoms with Crippen LogP contribution < -0.4 is 5.32 Å². The van der Waals surface area contributed by atoms with E-state index in [9.17, 15) is 35.1 Å².